The molecule has 2 amide bonds. The van der Waals surface area contributed by atoms with Gasteiger partial charge in [-0.1, -0.05) is 12.8 Å². The lowest BCUT2D eigenvalue weighted by molar-refractivity contribution is -0.136. The van der Waals surface area contributed by atoms with E-state index in [9.17, 15) is 9.59 Å². The molecule has 4 rings (SSSR count). The molecule has 7 nitrogen and oxygen atoms in total. The van der Waals surface area contributed by atoms with Crippen LogP contribution in [0.1, 0.15) is 36.2 Å². The monoisotopic (exact) mass is 353 g/mol. The zero-order valence-corrected chi connectivity index (χ0v) is 14.7. The van der Waals surface area contributed by atoms with Gasteiger partial charge in [-0.25, -0.2) is 0 Å². The number of carbonyl (C=O) groups is 2. The van der Waals surface area contributed by atoms with Crippen molar-refractivity contribution in [3.8, 4) is 11.3 Å². The summed E-state index contributed by atoms with van der Waals surface area (Å²) < 4.78 is 0. The molecule has 1 N–H and O–H groups in total. The largest absolute Gasteiger partial charge is 0.339 e. The molecule has 3 heterocycles. The van der Waals surface area contributed by atoms with Crippen molar-refractivity contribution >= 4 is 11.8 Å². The highest BCUT2D eigenvalue weighted by Crippen LogP contribution is 2.27. The van der Waals surface area contributed by atoms with E-state index >= 15 is 0 Å². The predicted molar refractivity (Wildman–Crippen MR) is 96.3 cm³/mol. The quantitative estimate of drug-likeness (QED) is 0.914. The zero-order chi connectivity index (χ0) is 17.9. The highest BCUT2D eigenvalue weighted by atomic mass is 16.2. The van der Waals surface area contributed by atoms with Gasteiger partial charge >= 0.3 is 0 Å². The van der Waals surface area contributed by atoms with E-state index in [0.717, 1.165) is 36.9 Å². The lowest BCUT2D eigenvalue weighted by atomic mass is 10.1. The van der Waals surface area contributed by atoms with Gasteiger partial charge in [0.15, 0.2) is 0 Å². The van der Waals surface area contributed by atoms with Crippen molar-refractivity contribution in [2.45, 2.75) is 25.7 Å². The van der Waals surface area contributed by atoms with Crippen LogP contribution in [0.2, 0.25) is 0 Å². The minimum Gasteiger partial charge on any atom is -0.339 e. The fraction of sp³-hybridized carbons (Fsp3) is 0.474. The van der Waals surface area contributed by atoms with E-state index in [0.29, 0.717) is 31.9 Å². The first kappa shape index (κ1) is 16.8. The third-order valence-electron chi connectivity index (χ3n) is 5.37. The van der Waals surface area contributed by atoms with Crippen molar-refractivity contribution in [1.82, 2.24) is 25.0 Å². The summed E-state index contributed by atoms with van der Waals surface area (Å²) in [5, 5.41) is 7.07. The Balaban J connectivity index is 1.36. The van der Waals surface area contributed by atoms with Gasteiger partial charge in [0.2, 0.25) is 5.91 Å². The number of amides is 2. The molecular weight excluding hydrogens is 330 g/mol. The van der Waals surface area contributed by atoms with Gasteiger partial charge in [-0.05, 0) is 31.0 Å². The molecule has 0 radical (unpaired) electrons. The SMILES string of the molecule is O=C(c1cc(-c2ccncc2)n[nH]1)N1CCN(C(=O)C2CCCC2)CC1. The van der Waals surface area contributed by atoms with Gasteiger partial charge in [0.05, 0.1) is 5.69 Å². The van der Waals surface area contributed by atoms with Gasteiger partial charge in [-0.15, -0.1) is 0 Å². The minimum absolute atomic E-state index is 0.0641. The van der Waals surface area contributed by atoms with Crippen LogP contribution in [-0.4, -0.2) is 63.0 Å². The molecule has 7 heteroatoms. The van der Waals surface area contributed by atoms with Crippen molar-refractivity contribution in [1.29, 1.82) is 0 Å². The number of pyridine rings is 1. The van der Waals surface area contributed by atoms with E-state index < -0.39 is 0 Å². The summed E-state index contributed by atoms with van der Waals surface area (Å²) in [4.78, 5) is 32.9. The lowest BCUT2D eigenvalue weighted by Crippen LogP contribution is -2.51. The maximum atomic E-state index is 12.7. The zero-order valence-electron chi connectivity index (χ0n) is 14.7. The van der Waals surface area contributed by atoms with Gasteiger partial charge in [0.1, 0.15) is 5.69 Å². The van der Waals surface area contributed by atoms with Crippen molar-refractivity contribution in [2.24, 2.45) is 5.92 Å². The maximum Gasteiger partial charge on any atom is 0.272 e. The van der Waals surface area contributed by atoms with Crippen LogP contribution in [0.25, 0.3) is 11.3 Å². The fourth-order valence-corrected chi connectivity index (χ4v) is 3.83. The van der Waals surface area contributed by atoms with Gasteiger partial charge in [0, 0.05) is 50.1 Å². The van der Waals surface area contributed by atoms with Crippen LogP contribution in [0.3, 0.4) is 0 Å². The normalized spacial score (nSPS) is 18.3. The molecule has 2 aliphatic rings. The van der Waals surface area contributed by atoms with Crippen LogP contribution in [0.5, 0.6) is 0 Å². The summed E-state index contributed by atoms with van der Waals surface area (Å²) in [6.45, 7) is 2.38. The smallest absolute Gasteiger partial charge is 0.272 e. The van der Waals surface area contributed by atoms with Crippen LogP contribution in [0, 0.1) is 5.92 Å². The van der Waals surface area contributed by atoms with Crippen LogP contribution >= 0.6 is 0 Å². The van der Waals surface area contributed by atoms with Crippen LogP contribution in [-0.2, 0) is 4.79 Å². The van der Waals surface area contributed by atoms with Crippen molar-refractivity contribution in [2.75, 3.05) is 26.2 Å². The Hall–Kier alpha value is -2.70. The number of hydrogen-bond donors (Lipinski definition) is 1. The van der Waals surface area contributed by atoms with E-state index in [1.165, 1.54) is 0 Å². The molecule has 2 aromatic heterocycles. The van der Waals surface area contributed by atoms with Crippen molar-refractivity contribution in [3.63, 3.8) is 0 Å². The molecule has 1 aliphatic heterocycles. The summed E-state index contributed by atoms with van der Waals surface area (Å²) in [7, 11) is 0. The first-order chi connectivity index (χ1) is 12.7. The standard InChI is InChI=1S/C19H23N5O2/c25-18(15-3-1-2-4-15)23-9-11-24(12-10-23)19(26)17-13-16(21-22-17)14-5-7-20-8-6-14/h5-8,13,15H,1-4,9-12H2,(H,21,22). The molecule has 0 bridgehead atoms. The molecule has 1 saturated carbocycles. The number of aromatic nitrogens is 3. The number of piperazine rings is 1. The molecule has 0 spiro atoms. The molecule has 26 heavy (non-hydrogen) atoms. The summed E-state index contributed by atoms with van der Waals surface area (Å²) in [6, 6.07) is 5.49. The number of aromatic amines is 1. The Bertz CT molecular complexity index is 774. The van der Waals surface area contributed by atoms with Gasteiger partial charge in [0.25, 0.3) is 5.91 Å². The third-order valence-corrected chi connectivity index (χ3v) is 5.37. The van der Waals surface area contributed by atoms with Crippen molar-refractivity contribution < 1.29 is 9.59 Å². The second kappa shape index (κ2) is 7.27. The maximum absolute atomic E-state index is 12.7. The van der Waals surface area contributed by atoms with E-state index in [1.54, 1.807) is 23.4 Å². The molecule has 2 fully saturated rings. The van der Waals surface area contributed by atoms with Gasteiger partial charge < -0.3 is 9.80 Å². The predicted octanol–water partition coefficient (Wildman–Crippen LogP) is 1.95. The highest BCUT2D eigenvalue weighted by Gasteiger charge is 2.31. The molecule has 1 aliphatic carbocycles. The third kappa shape index (κ3) is 3.34. The molecule has 2 aromatic rings. The summed E-state index contributed by atoms with van der Waals surface area (Å²) in [6.07, 6.45) is 7.76. The average Bonchev–Trinajstić information content (AvgIpc) is 3.40. The number of H-pyrrole nitrogens is 1. The van der Waals surface area contributed by atoms with Crippen LogP contribution in [0.15, 0.2) is 30.6 Å². The van der Waals surface area contributed by atoms with E-state index in [4.69, 9.17) is 0 Å². The van der Waals surface area contributed by atoms with E-state index in [2.05, 4.69) is 15.2 Å². The van der Waals surface area contributed by atoms with Crippen molar-refractivity contribution in [3.05, 3.63) is 36.3 Å². The number of rotatable bonds is 3. The molecule has 0 aromatic carbocycles. The van der Waals surface area contributed by atoms with Crippen LogP contribution in [0.4, 0.5) is 0 Å². The summed E-state index contributed by atoms with van der Waals surface area (Å²) in [5.41, 5.74) is 2.13. The van der Waals surface area contributed by atoms with E-state index in [1.807, 2.05) is 17.0 Å². The minimum atomic E-state index is -0.0641. The second-order valence-electron chi connectivity index (χ2n) is 7.00. The molecular formula is C19H23N5O2. The molecule has 1 saturated heterocycles. The van der Waals surface area contributed by atoms with Crippen LogP contribution < -0.4 is 0 Å². The fourth-order valence-electron chi connectivity index (χ4n) is 3.83. The average molecular weight is 353 g/mol. The second-order valence-corrected chi connectivity index (χ2v) is 7.00. The first-order valence-electron chi connectivity index (χ1n) is 9.26. The number of hydrogen-bond acceptors (Lipinski definition) is 4. The van der Waals surface area contributed by atoms with Gasteiger partial charge in [-0.2, -0.15) is 5.10 Å². The Morgan fingerprint density at radius 3 is 2.35 bits per heavy atom. The Morgan fingerprint density at radius 1 is 1.00 bits per heavy atom. The Kier molecular flexibility index (Phi) is 4.69. The molecule has 0 unspecified atom stereocenters. The Labute approximate surface area is 152 Å². The molecule has 0 atom stereocenters. The lowest BCUT2D eigenvalue weighted by Gasteiger charge is -2.35. The highest BCUT2D eigenvalue weighted by molar-refractivity contribution is 5.93. The number of carbonyl (C=O) groups excluding carboxylic acids is 2. The molecule has 136 valence electrons. The summed E-state index contributed by atoms with van der Waals surface area (Å²) in [5.74, 6) is 0.412. The first-order valence-corrected chi connectivity index (χ1v) is 9.26. The van der Waals surface area contributed by atoms with E-state index in [-0.39, 0.29) is 17.7 Å². The number of nitrogens with zero attached hydrogens (tertiary/aromatic N) is 4. The topological polar surface area (TPSA) is 82.2 Å². The number of nitrogens with one attached hydrogen (secondary N) is 1. The Morgan fingerprint density at radius 2 is 1.65 bits per heavy atom. The van der Waals surface area contributed by atoms with Gasteiger partial charge in [-0.3, -0.25) is 19.7 Å². The summed E-state index contributed by atoms with van der Waals surface area (Å²) >= 11 is 0.